The fourth-order valence-corrected chi connectivity index (χ4v) is 0.837. The third-order valence-electron chi connectivity index (χ3n) is 1.44. The Kier molecular flexibility index (Phi) is 5.24. The average Bonchev–Trinajstić information content (AvgIpc) is 2.11. The van der Waals surface area contributed by atoms with Crippen molar-refractivity contribution in [3.05, 3.63) is 0 Å². The van der Waals surface area contributed by atoms with Gasteiger partial charge in [-0.3, -0.25) is 4.79 Å². The number of alkyl halides is 2. The minimum Gasteiger partial charge on any atom is -0.394 e. The van der Waals surface area contributed by atoms with Crippen LogP contribution in [0.2, 0.25) is 0 Å². The maximum Gasteiger partial charge on any atom is 0.248 e. The maximum absolute atomic E-state index is 11.0. The summed E-state index contributed by atoms with van der Waals surface area (Å²) in [5.74, 6) is -1.39. The molecule has 8 heteroatoms. The molecule has 0 heterocycles. The highest BCUT2D eigenvalue weighted by Gasteiger charge is 2.41. The van der Waals surface area contributed by atoms with E-state index < -0.39 is 35.2 Å². The molecule has 0 aliphatic heterocycles. The van der Waals surface area contributed by atoms with E-state index in [1.807, 2.05) is 0 Å². The van der Waals surface area contributed by atoms with Gasteiger partial charge in [-0.05, 0) is 0 Å². The highest BCUT2D eigenvalue weighted by atomic mass is 35.5. The van der Waals surface area contributed by atoms with Crippen LogP contribution in [-0.2, 0) is 4.79 Å². The summed E-state index contributed by atoms with van der Waals surface area (Å²) in [5.41, 5.74) is 0. The van der Waals surface area contributed by atoms with E-state index in [1.54, 1.807) is 0 Å². The van der Waals surface area contributed by atoms with Crippen molar-refractivity contribution >= 4 is 29.0 Å². The second-order valence-corrected chi connectivity index (χ2v) is 3.93. The third kappa shape index (κ3) is 3.66. The van der Waals surface area contributed by atoms with Crippen LogP contribution in [0.5, 0.6) is 0 Å². The summed E-state index contributed by atoms with van der Waals surface area (Å²) in [5, 5.41) is 43.9. The Morgan fingerprint density at radius 3 is 2.00 bits per heavy atom. The number of carbonyl (C=O) groups is 1. The first-order valence-electron chi connectivity index (χ1n) is 3.50. The highest BCUT2D eigenvalue weighted by molar-refractivity contribution is 6.48. The monoisotopic (exact) mass is 248 g/mol. The van der Waals surface area contributed by atoms with Crippen LogP contribution in [-0.4, -0.2) is 60.8 Å². The molecular weight excluding hydrogens is 239 g/mol. The predicted octanol–water partition coefficient (Wildman–Crippen LogP) is -2.25. The second-order valence-electron chi connectivity index (χ2n) is 2.59. The van der Waals surface area contributed by atoms with Crippen LogP contribution in [0, 0.1) is 0 Å². The van der Waals surface area contributed by atoms with Gasteiger partial charge in [0, 0.05) is 0 Å². The van der Waals surface area contributed by atoms with Crippen LogP contribution >= 0.6 is 23.2 Å². The molecule has 14 heavy (non-hydrogen) atoms. The lowest BCUT2D eigenvalue weighted by atomic mass is 10.1. The molecule has 0 aliphatic rings. The quantitative estimate of drug-likeness (QED) is 0.351. The molecule has 0 aromatic heterocycles. The summed E-state index contributed by atoms with van der Waals surface area (Å²) in [6.45, 7) is -0.886. The van der Waals surface area contributed by atoms with E-state index in [1.165, 1.54) is 0 Å². The van der Waals surface area contributed by atoms with Gasteiger partial charge in [-0.1, -0.05) is 23.2 Å². The van der Waals surface area contributed by atoms with Gasteiger partial charge in [0.15, 0.2) is 11.9 Å². The van der Waals surface area contributed by atoms with Crippen molar-refractivity contribution in [2.75, 3.05) is 6.61 Å². The van der Waals surface area contributed by atoms with E-state index >= 15 is 0 Å². The lowest BCUT2D eigenvalue weighted by molar-refractivity contribution is -0.147. The first kappa shape index (κ1) is 14.1. The number of rotatable bonds is 5. The zero-order valence-electron chi connectivity index (χ0n) is 6.84. The molecule has 1 unspecified atom stereocenters. The molecule has 3 atom stereocenters. The number of halogens is 2. The Morgan fingerprint density at radius 2 is 1.71 bits per heavy atom. The normalized spacial score (nSPS) is 18.8. The first-order chi connectivity index (χ1) is 6.21. The Hall–Kier alpha value is 0.0500. The van der Waals surface area contributed by atoms with Gasteiger partial charge < -0.3 is 25.5 Å². The van der Waals surface area contributed by atoms with Gasteiger partial charge in [0.2, 0.25) is 4.52 Å². The fraction of sp³-hybridized carbons (Fsp3) is 0.833. The number of carbonyl (C=O) groups excluding carboxylic acids is 1. The number of Topliss-reactive ketones (excluding diaryl/α,β-unsaturated/α-hetero) is 1. The smallest absolute Gasteiger partial charge is 0.248 e. The molecule has 0 aliphatic carbocycles. The molecule has 0 fully saturated rings. The van der Waals surface area contributed by atoms with Crippen molar-refractivity contribution < 1.29 is 30.3 Å². The van der Waals surface area contributed by atoms with E-state index in [0.29, 0.717) is 0 Å². The number of aliphatic hydroxyl groups excluding tert-OH is 4. The van der Waals surface area contributed by atoms with Gasteiger partial charge in [0.1, 0.15) is 12.2 Å². The Balaban J connectivity index is 4.47. The van der Waals surface area contributed by atoms with Gasteiger partial charge in [-0.2, -0.15) is 0 Å². The summed E-state index contributed by atoms with van der Waals surface area (Å²) in [6, 6.07) is 0. The van der Waals surface area contributed by atoms with Crippen LogP contribution in [0.3, 0.4) is 0 Å². The standard InChI is InChI=1S/C6H10Cl2O6/c7-6(8,14)5(13)4(12)3(11)2(10)1-9/h2-3,5,9-11,13-14H,1H2/t2-,3-,5?/m1/s1. The topological polar surface area (TPSA) is 118 Å². The maximum atomic E-state index is 11.0. The van der Waals surface area contributed by atoms with Crippen molar-refractivity contribution in [1.29, 1.82) is 0 Å². The highest BCUT2D eigenvalue weighted by Crippen LogP contribution is 2.23. The Morgan fingerprint density at radius 1 is 1.29 bits per heavy atom. The van der Waals surface area contributed by atoms with Crippen molar-refractivity contribution in [3.63, 3.8) is 0 Å². The molecule has 84 valence electrons. The van der Waals surface area contributed by atoms with Crippen molar-refractivity contribution in [2.24, 2.45) is 0 Å². The van der Waals surface area contributed by atoms with Gasteiger partial charge >= 0.3 is 0 Å². The molecule has 0 saturated heterocycles. The number of ketones is 1. The fourth-order valence-electron chi connectivity index (χ4n) is 0.622. The minimum absolute atomic E-state index is 0.886. The van der Waals surface area contributed by atoms with Crippen molar-refractivity contribution in [1.82, 2.24) is 0 Å². The molecule has 0 rings (SSSR count). The van der Waals surface area contributed by atoms with Gasteiger partial charge in [-0.15, -0.1) is 0 Å². The van der Waals surface area contributed by atoms with Crippen molar-refractivity contribution in [2.45, 2.75) is 22.8 Å². The zero-order chi connectivity index (χ0) is 11.5. The predicted molar refractivity (Wildman–Crippen MR) is 46.8 cm³/mol. The molecule has 0 radical (unpaired) electrons. The average molecular weight is 249 g/mol. The minimum atomic E-state index is -2.76. The molecule has 0 amide bonds. The SMILES string of the molecule is O=C(C(O)C(O)(Cl)Cl)[C@H](O)[C@H](O)CO. The van der Waals surface area contributed by atoms with Gasteiger partial charge in [0.25, 0.3) is 0 Å². The summed E-state index contributed by atoms with van der Waals surface area (Å²) < 4.78 is -2.76. The van der Waals surface area contributed by atoms with E-state index in [4.69, 9.17) is 48.7 Å². The number of hydrogen-bond donors (Lipinski definition) is 5. The van der Waals surface area contributed by atoms with E-state index in [-0.39, 0.29) is 0 Å². The Labute approximate surface area is 89.3 Å². The van der Waals surface area contributed by atoms with Crippen molar-refractivity contribution in [3.8, 4) is 0 Å². The van der Waals surface area contributed by atoms with E-state index in [2.05, 4.69) is 0 Å². The van der Waals surface area contributed by atoms with E-state index in [9.17, 15) is 4.79 Å². The van der Waals surface area contributed by atoms with E-state index in [0.717, 1.165) is 0 Å². The molecule has 5 N–H and O–H groups in total. The van der Waals surface area contributed by atoms with Gasteiger partial charge in [0.05, 0.1) is 6.61 Å². The molecular formula is C6H10Cl2O6. The molecule has 0 saturated carbocycles. The van der Waals surface area contributed by atoms with Crippen LogP contribution < -0.4 is 0 Å². The van der Waals surface area contributed by atoms with Crippen LogP contribution in [0.1, 0.15) is 0 Å². The third-order valence-corrected chi connectivity index (χ3v) is 1.85. The molecule has 6 nitrogen and oxygen atoms in total. The van der Waals surface area contributed by atoms with Crippen LogP contribution in [0.15, 0.2) is 0 Å². The van der Waals surface area contributed by atoms with Gasteiger partial charge in [-0.25, -0.2) is 0 Å². The summed E-state index contributed by atoms with van der Waals surface area (Å²) in [6.07, 6.45) is -6.12. The summed E-state index contributed by atoms with van der Waals surface area (Å²) >= 11 is 9.93. The first-order valence-corrected chi connectivity index (χ1v) is 4.26. The summed E-state index contributed by atoms with van der Waals surface area (Å²) in [4.78, 5) is 11.0. The Bertz CT molecular complexity index is 203. The molecule has 0 spiro atoms. The summed E-state index contributed by atoms with van der Waals surface area (Å²) in [7, 11) is 0. The second kappa shape index (κ2) is 5.22. The number of aliphatic hydroxyl groups is 5. The zero-order valence-corrected chi connectivity index (χ0v) is 8.35. The largest absolute Gasteiger partial charge is 0.394 e. The number of hydrogen-bond acceptors (Lipinski definition) is 6. The van der Waals surface area contributed by atoms with Crippen LogP contribution in [0.4, 0.5) is 0 Å². The lowest BCUT2D eigenvalue weighted by Crippen LogP contribution is -2.48. The lowest BCUT2D eigenvalue weighted by Gasteiger charge is -2.22. The molecule has 0 aromatic carbocycles. The molecule has 0 aromatic rings. The molecule has 0 bridgehead atoms. The van der Waals surface area contributed by atoms with Crippen LogP contribution in [0.25, 0.3) is 0 Å².